The van der Waals surface area contributed by atoms with Crippen molar-refractivity contribution in [3.63, 3.8) is 0 Å². The highest BCUT2D eigenvalue weighted by atomic mass is 19.2. The maximum Gasteiger partial charge on any atom is 0.279 e. The lowest BCUT2D eigenvalue weighted by Gasteiger charge is -2.33. The SMILES string of the molecule is CC(=O)c1ccc(N2CC[NH+](CC(=O)Nc3ccc(F)c(F)c3)CC2)cc1. The first-order valence-electron chi connectivity index (χ1n) is 8.87. The van der Waals surface area contributed by atoms with Crippen LogP contribution in [0.4, 0.5) is 20.2 Å². The normalized spacial score (nSPS) is 14.9. The van der Waals surface area contributed by atoms with Gasteiger partial charge in [-0.1, -0.05) is 0 Å². The Bertz CT molecular complexity index is 832. The van der Waals surface area contributed by atoms with Gasteiger partial charge in [-0.05, 0) is 43.3 Å². The van der Waals surface area contributed by atoms with E-state index in [-0.39, 0.29) is 23.9 Å². The lowest BCUT2D eigenvalue weighted by atomic mass is 10.1. The Labute approximate surface area is 156 Å². The second kappa shape index (κ2) is 8.26. The second-order valence-electron chi connectivity index (χ2n) is 6.69. The van der Waals surface area contributed by atoms with E-state index in [1.165, 1.54) is 6.07 Å². The molecule has 2 aromatic rings. The molecule has 1 heterocycles. The van der Waals surface area contributed by atoms with Gasteiger partial charge in [-0.2, -0.15) is 0 Å². The average molecular weight is 374 g/mol. The first-order chi connectivity index (χ1) is 12.9. The summed E-state index contributed by atoms with van der Waals surface area (Å²) < 4.78 is 26.1. The van der Waals surface area contributed by atoms with Crippen molar-refractivity contribution in [3.05, 3.63) is 59.7 Å². The molecule has 7 heteroatoms. The maximum atomic E-state index is 13.2. The van der Waals surface area contributed by atoms with Crippen LogP contribution >= 0.6 is 0 Å². The molecule has 0 unspecified atom stereocenters. The zero-order valence-electron chi connectivity index (χ0n) is 15.1. The Morgan fingerprint density at radius 3 is 2.30 bits per heavy atom. The quantitative estimate of drug-likeness (QED) is 0.781. The van der Waals surface area contributed by atoms with E-state index < -0.39 is 11.6 Å². The zero-order valence-corrected chi connectivity index (χ0v) is 15.1. The van der Waals surface area contributed by atoms with E-state index in [2.05, 4.69) is 10.2 Å². The van der Waals surface area contributed by atoms with Gasteiger partial charge in [0.25, 0.3) is 5.91 Å². The molecule has 1 amide bonds. The van der Waals surface area contributed by atoms with Gasteiger partial charge >= 0.3 is 0 Å². The highest BCUT2D eigenvalue weighted by molar-refractivity contribution is 5.94. The zero-order chi connectivity index (χ0) is 19.4. The van der Waals surface area contributed by atoms with Gasteiger partial charge in [-0.25, -0.2) is 8.78 Å². The Balaban J connectivity index is 1.49. The predicted molar refractivity (Wildman–Crippen MR) is 99.2 cm³/mol. The number of nitrogens with one attached hydrogen (secondary N) is 2. The van der Waals surface area contributed by atoms with Gasteiger partial charge in [0.05, 0.1) is 26.2 Å². The number of rotatable bonds is 5. The Kier molecular flexibility index (Phi) is 5.81. The van der Waals surface area contributed by atoms with Crippen LogP contribution < -0.4 is 15.1 Å². The summed E-state index contributed by atoms with van der Waals surface area (Å²) >= 11 is 0. The summed E-state index contributed by atoms with van der Waals surface area (Å²) in [6, 6.07) is 10.8. The van der Waals surface area contributed by atoms with Crippen LogP contribution in [-0.4, -0.2) is 44.4 Å². The number of piperazine rings is 1. The van der Waals surface area contributed by atoms with E-state index in [1.807, 2.05) is 24.3 Å². The average Bonchev–Trinajstić information content (AvgIpc) is 2.65. The van der Waals surface area contributed by atoms with Gasteiger partial charge < -0.3 is 15.1 Å². The molecule has 0 saturated carbocycles. The standard InChI is InChI=1S/C20H21F2N3O2/c1-14(26)15-2-5-17(6-3-15)25-10-8-24(9-11-25)13-20(27)23-16-4-7-18(21)19(22)12-16/h2-7,12H,8-11,13H2,1H3,(H,23,27)/p+1. The summed E-state index contributed by atoms with van der Waals surface area (Å²) in [5.74, 6) is -2.10. The monoisotopic (exact) mass is 374 g/mol. The topological polar surface area (TPSA) is 53.9 Å². The molecule has 2 aromatic carbocycles. The van der Waals surface area contributed by atoms with E-state index in [0.717, 1.165) is 48.9 Å². The molecule has 1 aliphatic rings. The third-order valence-electron chi connectivity index (χ3n) is 4.72. The lowest BCUT2D eigenvalue weighted by molar-refractivity contribution is -0.892. The van der Waals surface area contributed by atoms with E-state index in [1.54, 1.807) is 6.92 Å². The number of benzene rings is 2. The fraction of sp³-hybridized carbons (Fsp3) is 0.300. The molecule has 0 atom stereocenters. The van der Waals surface area contributed by atoms with Gasteiger partial charge in [0, 0.05) is 23.0 Å². The highest BCUT2D eigenvalue weighted by Crippen LogP contribution is 2.16. The van der Waals surface area contributed by atoms with E-state index in [0.29, 0.717) is 5.56 Å². The van der Waals surface area contributed by atoms with Crippen molar-refractivity contribution in [2.45, 2.75) is 6.92 Å². The first-order valence-corrected chi connectivity index (χ1v) is 8.87. The molecule has 1 saturated heterocycles. The highest BCUT2D eigenvalue weighted by Gasteiger charge is 2.22. The molecule has 1 fully saturated rings. The van der Waals surface area contributed by atoms with Crippen LogP contribution in [0.15, 0.2) is 42.5 Å². The van der Waals surface area contributed by atoms with Crippen LogP contribution in [0.25, 0.3) is 0 Å². The number of hydrogen-bond donors (Lipinski definition) is 2. The van der Waals surface area contributed by atoms with Crippen molar-refractivity contribution < 1.29 is 23.3 Å². The van der Waals surface area contributed by atoms with Crippen molar-refractivity contribution in [2.24, 2.45) is 0 Å². The largest absolute Gasteiger partial charge is 0.360 e. The number of anilines is 2. The van der Waals surface area contributed by atoms with Crippen molar-refractivity contribution in [1.29, 1.82) is 0 Å². The van der Waals surface area contributed by atoms with Gasteiger partial charge in [-0.3, -0.25) is 9.59 Å². The number of ketones is 1. The summed E-state index contributed by atoms with van der Waals surface area (Å²) in [4.78, 5) is 26.8. The molecule has 27 heavy (non-hydrogen) atoms. The third kappa shape index (κ3) is 4.89. The summed E-state index contributed by atoms with van der Waals surface area (Å²) in [5.41, 5.74) is 2.00. The summed E-state index contributed by atoms with van der Waals surface area (Å²) in [5, 5.41) is 2.60. The summed E-state index contributed by atoms with van der Waals surface area (Å²) in [6.45, 7) is 5.00. The number of carbonyl (C=O) groups is 2. The van der Waals surface area contributed by atoms with Crippen molar-refractivity contribution in [1.82, 2.24) is 0 Å². The first kappa shape index (κ1) is 19.0. The number of Topliss-reactive ketones (excluding diaryl/α,β-unsaturated/α-hetero) is 1. The molecule has 0 spiro atoms. The van der Waals surface area contributed by atoms with E-state index in [9.17, 15) is 18.4 Å². The van der Waals surface area contributed by atoms with E-state index in [4.69, 9.17) is 0 Å². The molecule has 3 rings (SSSR count). The molecule has 5 nitrogen and oxygen atoms in total. The number of quaternary nitrogens is 1. The maximum absolute atomic E-state index is 13.2. The van der Waals surface area contributed by atoms with Crippen LogP contribution in [0, 0.1) is 11.6 Å². The van der Waals surface area contributed by atoms with Gasteiger partial charge in [-0.15, -0.1) is 0 Å². The number of hydrogen-bond acceptors (Lipinski definition) is 3. The molecule has 0 aliphatic carbocycles. The molecule has 142 valence electrons. The van der Waals surface area contributed by atoms with Crippen LogP contribution in [0.2, 0.25) is 0 Å². The van der Waals surface area contributed by atoms with Gasteiger partial charge in [0.15, 0.2) is 24.0 Å². The second-order valence-corrected chi connectivity index (χ2v) is 6.69. The van der Waals surface area contributed by atoms with E-state index >= 15 is 0 Å². The Morgan fingerprint density at radius 2 is 1.70 bits per heavy atom. The molecule has 2 N–H and O–H groups in total. The van der Waals surface area contributed by atoms with Crippen LogP contribution in [0.3, 0.4) is 0 Å². The molecule has 0 radical (unpaired) electrons. The van der Waals surface area contributed by atoms with Crippen molar-refractivity contribution in [3.8, 4) is 0 Å². The minimum absolute atomic E-state index is 0.0443. The number of halogens is 2. The van der Waals surface area contributed by atoms with Crippen LogP contribution in [-0.2, 0) is 4.79 Å². The van der Waals surface area contributed by atoms with Gasteiger partial charge in [0.2, 0.25) is 0 Å². The van der Waals surface area contributed by atoms with Crippen LogP contribution in [0.5, 0.6) is 0 Å². The fourth-order valence-electron chi connectivity index (χ4n) is 3.17. The lowest BCUT2D eigenvalue weighted by Crippen LogP contribution is -3.15. The molecular formula is C20H22F2N3O2+. The van der Waals surface area contributed by atoms with Crippen LogP contribution in [0.1, 0.15) is 17.3 Å². The predicted octanol–water partition coefficient (Wildman–Crippen LogP) is 1.51. The van der Waals surface area contributed by atoms with Crippen molar-refractivity contribution >= 4 is 23.1 Å². The summed E-state index contributed by atoms with van der Waals surface area (Å²) in [6.07, 6.45) is 0. The minimum atomic E-state index is -0.982. The number of carbonyl (C=O) groups excluding carboxylic acids is 2. The molecule has 0 bridgehead atoms. The molecular weight excluding hydrogens is 352 g/mol. The summed E-state index contributed by atoms with van der Waals surface area (Å²) in [7, 11) is 0. The third-order valence-corrected chi connectivity index (χ3v) is 4.72. The fourth-order valence-corrected chi connectivity index (χ4v) is 3.17. The van der Waals surface area contributed by atoms with Gasteiger partial charge in [0.1, 0.15) is 0 Å². The molecule has 0 aromatic heterocycles. The van der Waals surface area contributed by atoms with Crippen molar-refractivity contribution in [2.75, 3.05) is 42.9 Å². The Hall–Kier alpha value is -2.80. The number of amides is 1. The molecule has 1 aliphatic heterocycles. The smallest absolute Gasteiger partial charge is 0.279 e. The number of nitrogens with zero attached hydrogens (tertiary/aromatic N) is 1. The Morgan fingerprint density at radius 1 is 1.04 bits per heavy atom. The minimum Gasteiger partial charge on any atom is -0.360 e.